The number of allylic oxidation sites excluding steroid dienone is 4. The zero-order chi connectivity index (χ0) is 23.6. The second-order valence-electron chi connectivity index (χ2n) is 13.2. The van der Waals surface area contributed by atoms with Crippen LogP contribution in [0.15, 0.2) is 24.3 Å². The van der Waals surface area contributed by atoms with E-state index in [-0.39, 0.29) is 0 Å². The molecule has 4 aliphatic rings. The summed E-state index contributed by atoms with van der Waals surface area (Å²) in [4.78, 5) is 0. The Morgan fingerprint density at radius 3 is 1.65 bits per heavy atom. The van der Waals surface area contributed by atoms with Gasteiger partial charge in [-0.3, -0.25) is 0 Å². The van der Waals surface area contributed by atoms with Crippen LogP contribution in [0.4, 0.5) is 0 Å². The van der Waals surface area contributed by atoms with Gasteiger partial charge < -0.3 is 0 Å². The average molecular weight is 467 g/mol. The summed E-state index contributed by atoms with van der Waals surface area (Å²) >= 11 is 0. The first-order chi connectivity index (χ1) is 16.7. The molecule has 4 rings (SSSR count). The Kier molecular flexibility index (Phi) is 11.1. The van der Waals surface area contributed by atoms with Crippen LogP contribution in [0.2, 0.25) is 0 Å². The van der Waals surface area contributed by atoms with Gasteiger partial charge in [0.05, 0.1) is 0 Å². The van der Waals surface area contributed by atoms with Gasteiger partial charge in [0.1, 0.15) is 0 Å². The third-order valence-corrected chi connectivity index (χ3v) is 10.8. The van der Waals surface area contributed by atoms with Crippen molar-refractivity contribution in [2.75, 3.05) is 0 Å². The van der Waals surface area contributed by atoms with Crippen molar-refractivity contribution < 1.29 is 0 Å². The van der Waals surface area contributed by atoms with Gasteiger partial charge in [-0.05, 0) is 131 Å². The summed E-state index contributed by atoms with van der Waals surface area (Å²) in [5, 5.41) is 0. The van der Waals surface area contributed by atoms with Crippen molar-refractivity contribution in [1.82, 2.24) is 0 Å². The largest absolute Gasteiger partial charge is 0.0851 e. The number of hydrogen-bond donors (Lipinski definition) is 0. The molecule has 0 bridgehead atoms. The van der Waals surface area contributed by atoms with Crippen LogP contribution < -0.4 is 0 Å². The molecule has 194 valence electrons. The fraction of sp³-hybridized carbons (Fsp3) is 0.882. The molecule has 0 heterocycles. The molecule has 0 aromatic rings. The highest BCUT2D eigenvalue weighted by Gasteiger charge is 2.31. The van der Waals surface area contributed by atoms with Gasteiger partial charge >= 0.3 is 0 Å². The summed E-state index contributed by atoms with van der Waals surface area (Å²) in [5.41, 5.74) is 0. The van der Waals surface area contributed by atoms with E-state index in [9.17, 15) is 0 Å². The molecule has 3 fully saturated rings. The van der Waals surface area contributed by atoms with Crippen LogP contribution in [0.5, 0.6) is 0 Å². The molecule has 4 aliphatic carbocycles. The Hall–Kier alpha value is -0.520. The number of hydrogen-bond acceptors (Lipinski definition) is 0. The molecule has 0 aliphatic heterocycles. The lowest BCUT2D eigenvalue weighted by Crippen LogP contribution is -2.25. The summed E-state index contributed by atoms with van der Waals surface area (Å²) in [5.74, 6) is 7.78. The van der Waals surface area contributed by atoms with Gasteiger partial charge in [0.15, 0.2) is 0 Å². The van der Waals surface area contributed by atoms with Crippen molar-refractivity contribution in [3.63, 3.8) is 0 Å². The maximum absolute atomic E-state index is 2.68. The monoisotopic (exact) mass is 466 g/mol. The van der Waals surface area contributed by atoms with Crippen molar-refractivity contribution in [3.8, 4) is 0 Å². The number of unbranched alkanes of at least 4 members (excludes halogenated alkanes) is 2. The standard InChI is InChI=1S/C34H58/c1-3-5-6-8-28-13-21-32(22-14-28)34-25-17-30(18-26-34)10-9-29-15-23-33(24-16-29)31-19-11-27(7-4-2)12-20-31/h9-11,19,27-34H,3-8,12-18,20-26H2,1-2H3/b10-9+. The highest BCUT2D eigenvalue weighted by Crippen LogP contribution is 2.43. The SMILES string of the molecule is CCCCCC1CCC(C2CCC(/C=C/C3CCC(C4C=CC(CCC)CC4)CC3)CC2)CC1. The molecule has 0 heteroatoms. The maximum atomic E-state index is 2.68. The fourth-order valence-corrected chi connectivity index (χ4v) is 8.42. The minimum atomic E-state index is 0.886. The first kappa shape index (κ1) is 26.5. The van der Waals surface area contributed by atoms with Crippen LogP contribution in [-0.2, 0) is 0 Å². The zero-order valence-electron chi connectivity index (χ0n) is 23.1. The second-order valence-corrected chi connectivity index (χ2v) is 13.2. The van der Waals surface area contributed by atoms with E-state index in [4.69, 9.17) is 0 Å². The van der Waals surface area contributed by atoms with Crippen molar-refractivity contribution in [3.05, 3.63) is 24.3 Å². The molecule has 0 amide bonds. The number of rotatable bonds is 10. The van der Waals surface area contributed by atoms with Gasteiger partial charge in [0.25, 0.3) is 0 Å². The van der Waals surface area contributed by atoms with Gasteiger partial charge in [-0.1, -0.05) is 83.1 Å². The van der Waals surface area contributed by atoms with Gasteiger partial charge in [-0.25, -0.2) is 0 Å². The molecular formula is C34H58. The molecule has 0 radical (unpaired) electrons. The van der Waals surface area contributed by atoms with Gasteiger partial charge in [0, 0.05) is 0 Å². The Morgan fingerprint density at radius 1 is 0.529 bits per heavy atom. The maximum Gasteiger partial charge on any atom is -0.0205 e. The van der Waals surface area contributed by atoms with Crippen LogP contribution >= 0.6 is 0 Å². The van der Waals surface area contributed by atoms with Crippen LogP contribution in [0.1, 0.15) is 142 Å². The van der Waals surface area contributed by atoms with E-state index in [1.165, 1.54) is 103 Å². The van der Waals surface area contributed by atoms with Crippen LogP contribution in [0.25, 0.3) is 0 Å². The van der Waals surface area contributed by atoms with E-state index in [2.05, 4.69) is 38.2 Å². The lowest BCUT2D eigenvalue weighted by Gasteiger charge is -2.37. The van der Waals surface area contributed by atoms with Crippen molar-refractivity contribution >= 4 is 0 Å². The summed E-state index contributed by atoms with van der Waals surface area (Å²) < 4.78 is 0. The lowest BCUT2D eigenvalue weighted by atomic mass is 9.68. The van der Waals surface area contributed by atoms with E-state index in [1.807, 2.05) is 0 Å². The Labute approximate surface area is 213 Å². The predicted molar refractivity (Wildman–Crippen MR) is 150 cm³/mol. The predicted octanol–water partition coefficient (Wildman–Crippen LogP) is 10.9. The minimum Gasteiger partial charge on any atom is -0.0851 e. The first-order valence-electron chi connectivity index (χ1n) is 16.1. The smallest absolute Gasteiger partial charge is 0.0205 e. The van der Waals surface area contributed by atoms with E-state index in [1.54, 1.807) is 25.7 Å². The third-order valence-electron chi connectivity index (χ3n) is 10.8. The molecule has 2 atom stereocenters. The lowest BCUT2D eigenvalue weighted by molar-refractivity contribution is 0.151. The van der Waals surface area contributed by atoms with Gasteiger partial charge in [0.2, 0.25) is 0 Å². The summed E-state index contributed by atoms with van der Waals surface area (Å²) in [6, 6.07) is 0. The van der Waals surface area contributed by atoms with Crippen molar-refractivity contribution in [2.45, 2.75) is 142 Å². The molecule has 34 heavy (non-hydrogen) atoms. The van der Waals surface area contributed by atoms with Gasteiger partial charge in [-0.15, -0.1) is 0 Å². The molecule has 0 saturated heterocycles. The first-order valence-corrected chi connectivity index (χ1v) is 16.1. The Morgan fingerprint density at radius 2 is 1.12 bits per heavy atom. The summed E-state index contributed by atoms with van der Waals surface area (Å²) in [6.45, 7) is 4.67. The highest BCUT2D eigenvalue weighted by atomic mass is 14.4. The van der Waals surface area contributed by atoms with Crippen LogP contribution in [0.3, 0.4) is 0 Å². The van der Waals surface area contributed by atoms with E-state index in [0.29, 0.717) is 0 Å². The normalized spacial score (nSPS) is 39.5. The van der Waals surface area contributed by atoms with E-state index >= 15 is 0 Å². The molecule has 0 aromatic heterocycles. The molecule has 0 aromatic carbocycles. The minimum absolute atomic E-state index is 0.886. The van der Waals surface area contributed by atoms with E-state index < -0.39 is 0 Å². The summed E-state index contributed by atoms with van der Waals surface area (Å²) in [7, 11) is 0. The third kappa shape index (κ3) is 8.00. The average Bonchev–Trinajstić information content (AvgIpc) is 2.89. The molecule has 2 unspecified atom stereocenters. The molecule has 3 saturated carbocycles. The fourth-order valence-electron chi connectivity index (χ4n) is 8.42. The molecule has 0 spiro atoms. The highest BCUT2D eigenvalue weighted by molar-refractivity contribution is 5.02. The van der Waals surface area contributed by atoms with Crippen molar-refractivity contribution in [1.29, 1.82) is 0 Å². The topological polar surface area (TPSA) is 0 Å². The molecule has 0 nitrogen and oxygen atoms in total. The molecule has 0 N–H and O–H groups in total. The second kappa shape index (κ2) is 14.3. The van der Waals surface area contributed by atoms with E-state index in [0.717, 1.165) is 47.3 Å². The summed E-state index contributed by atoms with van der Waals surface area (Å²) in [6.07, 6.45) is 40.2. The van der Waals surface area contributed by atoms with Crippen LogP contribution in [0, 0.1) is 47.3 Å². The Balaban J connectivity index is 1.10. The Bertz CT molecular complexity index is 590. The zero-order valence-corrected chi connectivity index (χ0v) is 23.1. The van der Waals surface area contributed by atoms with Gasteiger partial charge in [-0.2, -0.15) is 0 Å². The van der Waals surface area contributed by atoms with Crippen molar-refractivity contribution in [2.24, 2.45) is 47.3 Å². The molecular weight excluding hydrogens is 408 g/mol. The quantitative estimate of drug-likeness (QED) is 0.222. The van der Waals surface area contributed by atoms with Crippen LogP contribution in [-0.4, -0.2) is 0 Å².